The molecule has 176 valence electrons. The number of halogens is 4. The van der Waals surface area contributed by atoms with Gasteiger partial charge in [-0.25, -0.2) is 14.4 Å². The van der Waals surface area contributed by atoms with Crippen molar-refractivity contribution >= 4 is 11.7 Å². The predicted molar refractivity (Wildman–Crippen MR) is 123 cm³/mol. The van der Waals surface area contributed by atoms with Crippen molar-refractivity contribution in [2.75, 3.05) is 5.32 Å². The molecule has 0 spiro atoms. The maximum atomic E-state index is 14.1. The van der Waals surface area contributed by atoms with E-state index in [2.05, 4.69) is 15.3 Å². The molecule has 0 amide bonds. The molecule has 5 rings (SSSR count). The van der Waals surface area contributed by atoms with E-state index in [-0.39, 0.29) is 23.2 Å². The van der Waals surface area contributed by atoms with Crippen LogP contribution in [-0.2, 0) is 19.0 Å². The third kappa shape index (κ3) is 4.17. The van der Waals surface area contributed by atoms with Gasteiger partial charge in [0.25, 0.3) is 0 Å². The number of alkyl halides is 3. The number of fused-ring (bicyclic) bond motifs is 2. The summed E-state index contributed by atoms with van der Waals surface area (Å²) in [6.45, 7) is 2.01. The van der Waals surface area contributed by atoms with Crippen LogP contribution in [0.1, 0.15) is 66.6 Å². The average Bonchev–Trinajstić information content (AvgIpc) is 2.98. The van der Waals surface area contributed by atoms with Crippen LogP contribution in [0.5, 0.6) is 0 Å². The first-order valence-electron chi connectivity index (χ1n) is 11.6. The van der Waals surface area contributed by atoms with Gasteiger partial charge in [-0.05, 0) is 55.9 Å². The minimum atomic E-state index is -4.53. The van der Waals surface area contributed by atoms with Crippen LogP contribution in [-0.4, -0.2) is 15.8 Å². The molecule has 2 heterocycles. The Balaban J connectivity index is 1.64. The monoisotopic (exact) mass is 468 g/mol. The first-order chi connectivity index (χ1) is 16.3. The van der Waals surface area contributed by atoms with Crippen LogP contribution in [0, 0.1) is 5.82 Å². The lowest BCUT2D eigenvalue weighted by Crippen LogP contribution is -2.17. The Kier molecular flexibility index (Phi) is 5.83. The van der Waals surface area contributed by atoms with Crippen molar-refractivity contribution in [3.63, 3.8) is 0 Å². The Hall–Kier alpha value is -3.29. The molecule has 1 atom stereocenters. The number of rotatable bonds is 3. The zero-order chi connectivity index (χ0) is 23.9. The van der Waals surface area contributed by atoms with Crippen LogP contribution in [0.2, 0.25) is 0 Å². The minimum absolute atomic E-state index is 0.0289. The van der Waals surface area contributed by atoms with Crippen LogP contribution in [0.25, 0.3) is 11.4 Å². The number of anilines is 1. The fourth-order valence-electron chi connectivity index (χ4n) is 4.76. The van der Waals surface area contributed by atoms with Crippen molar-refractivity contribution in [2.45, 2.75) is 57.7 Å². The quantitative estimate of drug-likeness (QED) is 0.336. The number of nitrogens with one attached hydrogen (secondary N) is 1. The maximum absolute atomic E-state index is 14.1. The number of aliphatic imine (C=N–C) groups is 1. The predicted octanol–water partition coefficient (Wildman–Crippen LogP) is 6.89. The lowest BCUT2D eigenvalue weighted by molar-refractivity contribution is -0.137. The van der Waals surface area contributed by atoms with Gasteiger partial charge in [0.2, 0.25) is 0 Å². The molecule has 2 aromatic carbocycles. The van der Waals surface area contributed by atoms with Crippen molar-refractivity contribution in [1.29, 1.82) is 0 Å². The SMILES string of the molecule is CCC1N=C(Nc2nc(-c3ccccc3C(F)(F)F)nc3c2CCCCC3)c2cc(F)ccc21. The molecule has 34 heavy (non-hydrogen) atoms. The smallest absolute Gasteiger partial charge is 0.324 e. The Morgan fingerprint density at radius 1 is 0.971 bits per heavy atom. The van der Waals surface area contributed by atoms with E-state index in [1.54, 1.807) is 12.1 Å². The molecule has 0 bridgehead atoms. The number of benzene rings is 2. The van der Waals surface area contributed by atoms with E-state index in [1.807, 2.05) is 6.92 Å². The minimum Gasteiger partial charge on any atom is -0.324 e. The second kappa shape index (κ2) is 8.81. The standard InChI is InChI=1S/C26H24F4N4/c1-2-21-16-13-12-15(27)14-19(16)25(31-21)34-24-18-9-4-3-5-11-22(18)32-23(33-24)17-8-6-7-10-20(17)26(28,29)30/h6-8,10,12-14,21H,2-5,9,11H2,1H3,(H,31,32,33,34). The molecule has 4 nitrogen and oxygen atoms in total. The summed E-state index contributed by atoms with van der Waals surface area (Å²) in [5.74, 6) is 0.596. The van der Waals surface area contributed by atoms with Crippen LogP contribution in [0.4, 0.5) is 23.4 Å². The van der Waals surface area contributed by atoms with Crippen molar-refractivity contribution < 1.29 is 17.6 Å². The second-order valence-electron chi connectivity index (χ2n) is 8.68. The molecule has 1 aliphatic heterocycles. The van der Waals surface area contributed by atoms with E-state index < -0.39 is 11.7 Å². The van der Waals surface area contributed by atoms with Gasteiger partial charge in [-0.2, -0.15) is 13.2 Å². The molecule has 8 heteroatoms. The number of hydrogen-bond donors (Lipinski definition) is 1. The van der Waals surface area contributed by atoms with E-state index >= 15 is 0 Å². The van der Waals surface area contributed by atoms with Gasteiger partial charge in [0, 0.05) is 22.4 Å². The summed E-state index contributed by atoms with van der Waals surface area (Å²) in [5.41, 5.74) is 2.40. The summed E-state index contributed by atoms with van der Waals surface area (Å²) in [5, 5.41) is 3.26. The fourth-order valence-corrected chi connectivity index (χ4v) is 4.76. The normalized spacial score (nSPS) is 17.6. The van der Waals surface area contributed by atoms with Crippen molar-refractivity contribution in [2.24, 2.45) is 4.99 Å². The number of amidine groups is 1. The number of nitrogens with zero attached hydrogens (tertiary/aromatic N) is 3. The fraction of sp³-hybridized carbons (Fsp3) is 0.346. The summed E-state index contributed by atoms with van der Waals surface area (Å²) in [7, 11) is 0. The van der Waals surface area contributed by atoms with Crippen LogP contribution in [0.15, 0.2) is 47.5 Å². The maximum Gasteiger partial charge on any atom is 0.417 e. The molecular weight excluding hydrogens is 444 g/mol. The van der Waals surface area contributed by atoms with Crippen molar-refractivity contribution in [3.05, 3.63) is 76.2 Å². The zero-order valence-corrected chi connectivity index (χ0v) is 18.7. The van der Waals surface area contributed by atoms with E-state index in [0.29, 0.717) is 23.6 Å². The summed E-state index contributed by atoms with van der Waals surface area (Å²) in [6.07, 6.45) is 0.478. The molecule has 1 unspecified atom stereocenters. The Morgan fingerprint density at radius 3 is 2.56 bits per heavy atom. The molecule has 0 radical (unpaired) electrons. The first kappa shape index (κ1) is 22.5. The van der Waals surface area contributed by atoms with Gasteiger partial charge >= 0.3 is 6.18 Å². The highest BCUT2D eigenvalue weighted by Crippen LogP contribution is 2.38. The molecule has 2 aliphatic rings. The highest BCUT2D eigenvalue weighted by molar-refractivity contribution is 6.11. The zero-order valence-electron chi connectivity index (χ0n) is 18.7. The van der Waals surface area contributed by atoms with Crippen LogP contribution >= 0.6 is 0 Å². The largest absolute Gasteiger partial charge is 0.417 e. The Bertz CT molecular complexity index is 1270. The van der Waals surface area contributed by atoms with Gasteiger partial charge in [-0.3, -0.25) is 4.99 Å². The van der Waals surface area contributed by atoms with Crippen LogP contribution in [0.3, 0.4) is 0 Å². The third-order valence-corrected chi connectivity index (χ3v) is 6.44. The average molecular weight is 468 g/mol. The molecule has 0 saturated heterocycles. The highest BCUT2D eigenvalue weighted by Gasteiger charge is 2.35. The highest BCUT2D eigenvalue weighted by atomic mass is 19.4. The molecule has 0 fully saturated rings. The van der Waals surface area contributed by atoms with E-state index in [9.17, 15) is 17.6 Å². The molecule has 3 aromatic rings. The molecule has 1 aliphatic carbocycles. The number of aromatic nitrogens is 2. The third-order valence-electron chi connectivity index (χ3n) is 6.44. The Morgan fingerprint density at radius 2 is 1.76 bits per heavy atom. The van der Waals surface area contributed by atoms with E-state index in [0.717, 1.165) is 55.0 Å². The number of aryl methyl sites for hydroxylation is 1. The number of hydrogen-bond acceptors (Lipinski definition) is 4. The Labute approximate surface area is 195 Å². The van der Waals surface area contributed by atoms with Gasteiger partial charge in [-0.1, -0.05) is 37.6 Å². The summed E-state index contributed by atoms with van der Waals surface area (Å²) < 4.78 is 55.2. The van der Waals surface area contributed by atoms with Crippen molar-refractivity contribution in [1.82, 2.24) is 9.97 Å². The van der Waals surface area contributed by atoms with Crippen LogP contribution < -0.4 is 5.32 Å². The van der Waals surface area contributed by atoms with E-state index in [1.165, 1.54) is 24.3 Å². The van der Waals surface area contributed by atoms with Crippen molar-refractivity contribution in [3.8, 4) is 11.4 Å². The second-order valence-corrected chi connectivity index (χ2v) is 8.68. The molecule has 1 N–H and O–H groups in total. The lowest BCUT2D eigenvalue weighted by atomic mass is 10.0. The van der Waals surface area contributed by atoms with Gasteiger partial charge in [-0.15, -0.1) is 0 Å². The molecule has 0 saturated carbocycles. The summed E-state index contributed by atoms with van der Waals surface area (Å²) in [6, 6.07) is 9.85. The topological polar surface area (TPSA) is 50.2 Å². The molecular formula is C26H24F4N4. The van der Waals surface area contributed by atoms with Gasteiger partial charge in [0.1, 0.15) is 17.5 Å². The molecule has 1 aromatic heterocycles. The summed E-state index contributed by atoms with van der Waals surface area (Å²) in [4.78, 5) is 13.9. The van der Waals surface area contributed by atoms with E-state index in [4.69, 9.17) is 4.99 Å². The first-order valence-corrected chi connectivity index (χ1v) is 11.6. The van der Waals surface area contributed by atoms with Gasteiger partial charge < -0.3 is 5.32 Å². The van der Waals surface area contributed by atoms with Gasteiger partial charge in [0.05, 0.1) is 11.6 Å². The van der Waals surface area contributed by atoms with Gasteiger partial charge in [0.15, 0.2) is 5.82 Å². The summed E-state index contributed by atoms with van der Waals surface area (Å²) >= 11 is 0. The lowest BCUT2D eigenvalue weighted by Gasteiger charge is -2.17.